The molecule has 6 nitrogen and oxygen atoms in total. The van der Waals surface area contributed by atoms with Crippen molar-refractivity contribution in [2.45, 2.75) is 32.4 Å². The summed E-state index contributed by atoms with van der Waals surface area (Å²) >= 11 is 0. The van der Waals surface area contributed by atoms with Crippen molar-refractivity contribution in [3.63, 3.8) is 0 Å². The molecular weight excluding hydrogens is 268 g/mol. The van der Waals surface area contributed by atoms with Gasteiger partial charge in [0.25, 0.3) is 5.91 Å². The maximum absolute atomic E-state index is 12.4. The summed E-state index contributed by atoms with van der Waals surface area (Å²) in [5, 5.41) is 3.16. The second-order valence-corrected chi connectivity index (χ2v) is 5.61. The lowest BCUT2D eigenvalue weighted by molar-refractivity contribution is -0.130. The van der Waals surface area contributed by atoms with Crippen molar-refractivity contribution >= 4 is 17.6 Å². The number of carbonyl (C=O) groups is 2. The molecule has 1 saturated heterocycles. The van der Waals surface area contributed by atoms with Crippen molar-refractivity contribution in [3.8, 4) is 0 Å². The predicted molar refractivity (Wildman–Crippen MR) is 78.9 cm³/mol. The van der Waals surface area contributed by atoms with Crippen LogP contribution in [-0.4, -0.2) is 47.0 Å². The fourth-order valence-corrected chi connectivity index (χ4v) is 3.38. The quantitative estimate of drug-likeness (QED) is 0.837. The van der Waals surface area contributed by atoms with Crippen molar-refractivity contribution in [1.82, 2.24) is 15.2 Å². The molecule has 0 aromatic carbocycles. The van der Waals surface area contributed by atoms with E-state index in [1.807, 2.05) is 4.90 Å². The average Bonchev–Trinajstić information content (AvgIpc) is 2.48. The van der Waals surface area contributed by atoms with Crippen LogP contribution in [0.3, 0.4) is 0 Å². The molecule has 3 rings (SSSR count). The number of pyridine rings is 1. The van der Waals surface area contributed by atoms with Gasteiger partial charge < -0.3 is 15.1 Å². The van der Waals surface area contributed by atoms with Gasteiger partial charge in [0.05, 0.1) is 5.56 Å². The summed E-state index contributed by atoms with van der Waals surface area (Å²) in [6.07, 6.45) is 3.17. The van der Waals surface area contributed by atoms with Crippen LogP contribution in [0.25, 0.3) is 0 Å². The molecule has 6 heteroatoms. The predicted octanol–water partition coefficient (Wildman–Crippen LogP) is 0.990. The number of fused-ring (bicyclic) bond motifs is 1. The molecule has 21 heavy (non-hydrogen) atoms. The normalized spacial score (nSPS) is 20.2. The molecule has 0 radical (unpaired) electrons. The zero-order valence-electron chi connectivity index (χ0n) is 12.4. The Kier molecular flexibility index (Phi) is 3.31. The minimum atomic E-state index is -0.418. The summed E-state index contributed by atoms with van der Waals surface area (Å²) in [5.74, 6) is 0.771. The Labute approximate surface area is 124 Å². The Morgan fingerprint density at radius 3 is 2.76 bits per heavy atom. The zero-order valence-corrected chi connectivity index (χ0v) is 12.4. The number of aromatic nitrogens is 1. The summed E-state index contributed by atoms with van der Waals surface area (Å²) in [5.41, 5.74) is 0.207. The van der Waals surface area contributed by atoms with Gasteiger partial charge in [-0.15, -0.1) is 0 Å². The third-order valence-electron chi connectivity index (χ3n) is 4.50. The van der Waals surface area contributed by atoms with Gasteiger partial charge in [0.2, 0.25) is 5.91 Å². The number of nitrogens with zero attached hydrogens (tertiary/aromatic N) is 3. The van der Waals surface area contributed by atoms with Crippen molar-refractivity contribution in [1.29, 1.82) is 0 Å². The van der Waals surface area contributed by atoms with Gasteiger partial charge >= 0.3 is 0 Å². The number of amides is 2. The maximum atomic E-state index is 12.4. The van der Waals surface area contributed by atoms with Crippen LogP contribution in [0.15, 0.2) is 18.3 Å². The Hall–Kier alpha value is -2.11. The van der Waals surface area contributed by atoms with Crippen molar-refractivity contribution in [2.24, 2.45) is 0 Å². The zero-order chi connectivity index (χ0) is 15.0. The van der Waals surface area contributed by atoms with E-state index in [1.54, 1.807) is 25.3 Å². The van der Waals surface area contributed by atoms with Crippen LogP contribution in [-0.2, 0) is 4.79 Å². The number of likely N-dealkylation sites (tertiary alicyclic amines) is 1. The first-order chi connectivity index (χ1) is 10.1. The third-order valence-corrected chi connectivity index (χ3v) is 4.50. The van der Waals surface area contributed by atoms with Gasteiger partial charge in [0, 0.05) is 45.6 Å². The van der Waals surface area contributed by atoms with Crippen LogP contribution < -0.4 is 10.2 Å². The van der Waals surface area contributed by atoms with Gasteiger partial charge in [-0.05, 0) is 19.1 Å². The molecule has 1 aromatic rings. The molecule has 3 heterocycles. The van der Waals surface area contributed by atoms with Crippen molar-refractivity contribution in [3.05, 3.63) is 23.9 Å². The monoisotopic (exact) mass is 288 g/mol. The molecule has 0 bridgehead atoms. The van der Waals surface area contributed by atoms with Crippen LogP contribution in [0.1, 0.15) is 37.0 Å². The van der Waals surface area contributed by atoms with Gasteiger partial charge in [-0.1, -0.05) is 0 Å². The summed E-state index contributed by atoms with van der Waals surface area (Å²) in [4.78, 5) is 32.3. The number of anilines is 1. The van der Waals surface area contributed by atoms with Crippen LogP contribution in [0.5, 0.6) is 0 Å². The number of hydrogen-bond acceptors (Lipinski definition) is 4. The topological polar surface area (TPSA) is 65.5 Å². The van der Waals surface area contributed by atoms with E-state index in [0.717, 1.165) is 25.2 Å². The maximum Gasteiger partial charge on any atom is 0.256 e. The molecule has 1 N–H and O–H groups in total. The number of hydrogen-bond donors (Lipinski definition) is 1. The van der Waals surface area contributed by atoms with E-state index < -0.39 is 5.66 Å². The first kappa shape index (κ1) is 13.9. The average molecular weight is 288 g/mol. The largest absolute Gasteiger partial charge is 0.343 e. The summed E-state index contributed by atoms with van der Waals surface area (Å²) < 4.78 is 0. The van der Waals surface area contributed by atoms with Gasteiger partial charge in [-0.25, -0.2) is 4.98 Å². The summed E-state index contributed by atoms with van der Waals surface area (Å²) in [7, 11) is 0. The number of nitrogens with one attached hydrogen (secondary N) is 1. The van der Waals surface area contributed by atoms with E-state index >= 15 is 0 Å². The van der Waals surface area contributed by atoms with E-state index in [9.17, 15) is 9.59 Å². The van der Waals surface area contributed by atoms with Crippen molar-refractivity contribution in [2.75, 3.05) is 24.5 Å². The second-order valence-electron chi connectivity index (χ2n) is 5.61. The number of piperidine rings is 1. The molecule has 112 valence electrons. The Morgan fingerprint density at radius 1 is 1.43 bits per heavy atom. The Bertz CT molecular complexity index is 579. The molecule has 0 unspecified atom stereocenters. The van der Waals surface area contributed by atoms with Gasteiger partial charge in [-0.3, -0.25) is 9.59 Å². The highest BCUT2D eigenvalue weighted by atomic mass is 16.2. The molecule has 0 aliphatic carbocycles. The van der Waals surface area contributed by atoms with Gasteiger partial charge in [0.15, 0.2) is 0 Å². The third kappa shape index (κ3) is 2.14. The van der Waals surface area contributed by atoms with E-state index in [2.05, 4.69) is 22.1 Å². The molecule has 0 atom stereocenters. The van der Waals surface area contributed by atoms with Gasteiger partial charge in [0.1, 0.15) is 11.5 Å². The van der Waals surface area contributed by atoms with Crippen LogP contribution in [0.2, 0.25) is 0 Å². The Morgan fingerprint density at radius 2 is 2.14 bits per heavy atom. The molecule has 1 spiro atoms. The van der Waals surface area contributed by atoms with Gasteiger partial charge in [-0.2, -0.15) is 0 Å². The summed E-state index contributed by atoms with van der Waals surface area (Å²) in [6.45, 7) is 5.74. The highest BCUT2D eigenvalue weighted by molar-refractivity contribution is 6.01. The van der Waals surface area contributed by atoms with E-state index in [1.165, 1.54) is 0 Å². The first-order valence-electron chi connectivity index (χ1n) is 7.38. The molecule has 2 amide bonds. The summed E-state index contributed by atoms with van der Waals surface area (Å²) in [6, 6.07) is 3.58. The number of rotatable bonds is 1. The van der Waals surface area contributed by atoms with Crippen LogP contribution in [0, 0.1) is 0 Å². The molecule has 2 aliphatic rings. The number of carbonyl (C=O) groups excluding carboxylic acids is 2. The second kappa shape index (κ2) is 5.02. The Balaban J connectivity index is 1.94. The molecule has 1 fully saturated rings. The van der Waals surface area contributed by atoms with Crippen LogP contribution in [0.4, 0.5) is 5.82 Å². The standard InChI is InChI=1S/C15H20N4O2/c1-3-19-13-12(5-4-8-16-13)14(21)17-15(19)6-9-18(10-7-15)11(2)20/h4-5,8H,3,6-7,9-10H2,1-2H3,(H,17,21). The van der Waals surface area contributed by atoms with E-state index in [4.69, 9.17) is 0 Å². The van der Waals surface area contributed by atoms with E-state index in [-0.39, 0.29) is 11.8 Å². The SMILES string of the molecule is CCN1c2ncccc2C(=O)NC12CCN(C(C)=O)CC2. The molecule has 2 aliphatic heterocycles. The van der Waals surface area contributed by atoms with Crippen LogP contribution >= 0.6 is 0 Å². The highest BCUT2D eigenvalue weighted by Crippen LogP contribution is 2.35. The smallest absolute Gasteiger partial charge is 0.256 e. The fourth-order valence-electron chi connectivity index (χ4n) is 3.38. The highest BCUT2D eigenvalue weighted by Gasteiger charge is 2.46. The minimum absolute atomic E-state index is 0.0703. The molecule has 1 aromatic heterocycles. The molecule has 0 saturated carbocycles. The lowest BCUT2D eigenvalue weighted by Crippen LogP contribution is -2.68. The van der Waals surface area contributed by atoms with Crippen molar-refractivity contribution < 1.29 is 9.59 Å². The van der Waals surface area contributed by atoms with E-state index in [0.29, 0.717) is 18.7 Å². The minimum Gasteiger partial charge on any atom is -0.343 e. The fraction of sp³-hybridized carbons (Fsp3) is 0.533. The lowest BCUT2D eigenvalue weighted by Gasteiger charge is -2.51. The first-order valence-corrected chi connectivity index (χ1v) is 7.38. The lowest BCUT2D eigenvalue weighted by atomic mass is 9.91. The molecular formula is C15H20N4O2.